The number of nitrogens with one attached hydrogen (secondary N) is 3. The van der Waals surface area contributed by atoms with Crippen molar-refractivity contribution in [2.45, 2.75) is 19.4 Å². The standard InChI is InChI=1S/C25H22FN3O2/c1-16(28-24(30)13-19-15-27-23-11-10-20(26)14-22(19)23)18-8-5-9-21(12-18)29-25(31)17-6-3-2-4-7-17/h2-12,14-16,27H,13H2,1H3,(H,28,30)(H,29,31). The molecule has 1 unspecified atom stereocenters. The lowest BCUT2D eigenvalue weighted by molar-refractivity contribution is -0.121. The van der Waals surface area contributed by atoms with Gasteiger partial charge in [0.15, 0.2) is 0 Å². The molecule has 1 heterocycles. The van der Waals surface area contributed by atoms with E-state index in [2.05, 4.69) is 15.6 Å². The Bertz CT molecular complexity index is 1230. The van der Waals surface area contributed by atoms with Gasteiger partial charge < -0.3 is 15.6 Å². The van der Waals surface area contributed by atoms with Crippen molar-refractivity contribution in [2.24, 2.45) is 0 Å². The third-order valence-electron chi connectivity index (χ3n) is 5.14. The lowest BCUT2D eigenvalue weighted by Gasteiger charge is -2.16. The van der Waals surface area contributed by atoms with E-state index < -0.39 is 0 Å². The lowest BCUT2D eigenvalue weighted by Crippen LogP contribution is -2.28. The van der Waals surface area contributed by atoms with Gasteiger partial charge in [0.2, 0.25) is 5.91 Å². The monoisotopic (exact) mass is 415 g/mol. The molecule has 2 amide bonds. The van der Waals surface area contributed by atoms with Crippen LogP contribution in [0.5, 0.6) is 0 Å². The SMILES string of the molecule is CC(NC(=O)Cc1c[nH]c2ccc(F)cc12)c1cccc(NC(=O)c2ccccc2)c1. The van der Waals surface area contributed by atoms with Crippen molar-refractivity contribution in [1.29, 1.82) is 0 Å². The molecule has 3 N–H and O–H groups in total. The fraction of sp³-hybridized carbons (Fsp3) is 0.120. The van der Waals surface area contributed by atoms with E-state index in [4.69, 9.17) is 0 Å². The molecule has 0 spiro atoms. The van der Waals surface area contributed by atoms with Gasteiger partial charge in [0.1, 0.15) is 5.82 Å². The highest BCUT2D eigenvalue weighted by Crippen LogP contribution is 2.21. The summed E-state index contributed by atoms with van der Waals surface area (Å²) in [7, 11) is 0. The quantitative estimate of drug-likeness (QED) is 0.416. The average Bonchev–Trinajstić information content (AvgIpc) is 3.16. The predicted molar refractivity (Wildman–Crippen MR) is 119 cm³/mol. The van der Waals surface area contributed by atoms with Gasteiger partial charge in [0.25, 0.3) is 5.91 Å². The number of hydrogen-bond donors (Lipinski definition) is 3. The summed E-state index contributed by atoms with van der Waals surface area (Å²) in [5.74, 6) is -0.700. The number of carbonyl (C=O) groups excluding carboxylic acids is 2. The summed E-state index contributed by atoms with van der Waals surface area (Å²) >= 11 is 0. The van der Waals surface area contributed by atoms with Gasteiger partial charge >= 0.3 is 0 Å². The molecule has 3 aromatic carbocycles. The Hall–Kier alpha value is -3.93. The number of benzene rings is 3. The smallest absolute Gasteiger partial charge is 0.255 e. The minimum Gasteiger partial charge on any atom is -0.361 e. The van der Waals surface area contributed by atoms with Gasteiger partial charge in [-0.25, -0.2) is 4.39 Å². The maximum absolute atomic E-state index is 13.6. The van der Waals surface area contributed by atoms with Crippen LogP contribution in [0, 0.1) is 5.82 Å². The number of rotatable bonds is 6. The van der Waals surface area contributed by atoms with E-state index in [0.717, 1.165) is 16.6 Å². The zero-order chi connectivity index (χ0) is 21.8. The minimum atomic E-state index is -0.337. The van der Waals surface area contributed by atoms with Crippen molar-refractivity contribution < 1.29 is 14.0 Å². The molecule has 0 radical (unpaired) electrons. The number of aromatic nitrogens is 1. The van der Waals surface area contributed by atoms with Crippen LogP contribution in [0.1, 0.15) is 34.5 Å². The first-order chi connectivity index (χ1) is 15.0. The molecule has 5 nitrogen and oxygen atoms in total. The topological polar surface area (TPSA) is 74.0 Å². The summed E-state index contributed by atoms with van der Waals surface area (Å²) in [5.41, 5.74) is 3.62. The fourth-order valence-corrected chi connectivity index (χ4v) is 3.52. The fourth-order valence-electron chi connectivity index (χ4n) is 3.52. The van der Waals surface area contributed by atoms with E-state index in [1.165, 1.54) is 12.1 Å². The van der Waals surface area contributed by atoms with Crippen LogP contribution >= 0.6 is 0 Å². The van der Waals surface area contributed by atoms with E-state index in [1.807, 2.05) is 43.3 Å². The summed E-state index contributed by atoms with van der Waals surface area (Å²) in [4.78, 5) is 28.0. The number of amides is 2. The van der Waals surface area contributed by atoms with Crippen LogP contribution in [0.4, 0.5) is 10.1 Å². The first kappa shape index (κ1) is 20.3. The number of carbonyl (C=O) groups is 2. The molecule has 0 fully saturated rings. The van der Waals surface area contributed by atoms with Crippen LogP contribution in [-0.4, -0.2) is 16.8 Å². The van der Waals surface area contributed by atoms with Crippen molar-refractivity contribution in [3.63, 3.8) is 0 Å². The zero-order valence-corrected chi connectivity index (χ0v) is 17.0. The number of fused-ring (bicyclic) bond motifs is 1. The molecule has 0 saturated heterocycles. The van der Waals surface area contributed by atoms with Crippen molar-refractivity contribution in [3.05, 3.63) is 102 Å². The van der Waals surface area contributed by atoms with E-state index in [-0.39, 0.29) is 30.1 Å². The Balaban J connectivity index is 1.41. The van der Waals surface area contributed by atoms with Crippen LogP contribution in [0.15, 0.2) is 79.0 Å². The molecule has 156 valence electrons. The second-order valence-electron chi connectivity index (χ2n) is 7.42. The summed E-state index contributed by atoms with van der Waals surface area (Å²) in [6, 6.07) is 20.6. The Morgan fingerprint density at radius 3 is 2.61 bits per heavy atom. The molecule has 0 aliphatic heterocycles. The molecule has 0 saturated carbocycles. The number of anilines is 1. The Morgan fingerprint density at radius 1 is 1.00 bits per heavy atom. The predicted octanol–water partition coefficient (Wildman–Crippen LogP) is 4.98. The summed E-state index contributed by atoms with van der Waals surface area (Å²) in [6.07, 6.45) is 1.87. The van der Waals surface area contributed by atoms with Gasteiger partial charge in [-0.2, -0.15) is 0 Å². The van der Waals surface area contributed by atoms with Crippen molar-refractivity contribution in [1.82, 2.24) is 10.3 Å². The van der Waals surface area contributed by atoms with Gasteiger partial charge in [-0.05, 0) is 60.5 Å². The minimum absolute atomic E-state index is 0.137. The maximum Gasteiger partial charge on any atom is 0.255 e. The molecule has 0 aliphatic rings. The van der Waals surface area contributed by atoms with Gasteiger partial charge in [0.05, 0.1) is 12.5 Å². The van der Waals surface area contributed by atoms with Crippen LogP contribution < -0.4 is 10.6 Å². The third kappa shape index (κ3) is 4.80. The molecular weight excluding hydrogens is 393 g/mol. The molecule has 4 rings (SSSR count). The van der Waals surface area contributed by atoms with Crippen molar-refractivity contribution in [2.75, 3.05) is 5.32 Å². The molecule has 31 heavy (non-hydrogen) atoms. The number of hydrogen-bond acceptors (Lipinski definition) is 2. The molecule has 0 bridgehead atoms. The molecule has 4 aromatic rings. The molecule has 6 heteroatoms. The van der Waals surface area contributed by atoms with Gasteiger partial charge in [0, 0.05) is 28.4 Å². The van der Waals surface area contributed by atoms with Crippen LogP contribution in [-0.2, 0) is 11.2 Å². The highest BCUT2D eigenvalue weighted by molar-refractivity contribution is 6.04. The number of halogens is 1. The largest absolute Gasteiger partial charge is 0.361 e. The first-order valence-electron chi connectivity index (χ1n) is 10.0. The van der Waals surface area contributed by atoms with Crippen molar-refractivity contribution >= 4 is 28.4 Å². The zero-order valence-electron chi connectivity index (χ0n) is 17.0. The Morgan fingerprint density at radius 2 is 1.81 bits per heavy atom. The van der Waals surface area contributed by atoms with E-state index in [0.29, 0.717) is 16.6 Å². The molecule has 1 atom stereocenters. The van der Waals surface area contributed by atoms with E-state index in [1.54, 1.807) is 30.5 Å². The molecular formula is C25H22FN3O2. The normalized spacial score (nSPS) is 11.8. The van der Waals surface area contributed by atoms with Gasteiger partial charge in [-0.3, -0.25) is 9.59 Å². The lowest BCUT2D eigenvalue weighted by atomic mass is 10.1. The summed E-state index contributed by atoms with van der Waals surface area (Å²) in [5, 5.41) is 6.55. The van der Waals surface area contributed by atoms with Crippen LogP contribution in [0.2, 0.25) is 0 Å². The molecule has 1 aromatic heterocycles. The number of H-pyrrole nitrogens is 1. The van der Waals surface area contributed by atoms with Crippen LogP contribution in [0.25, 0.3) is 10.9 Å². The summed E-state index contributed by atoms with van der Waals surface area (Å²) < 4.78 is 13.6. The van der Waals surface area contributed by atoms with Crippen LogP contribution in [0.3, 0.4) is 0 Å². The number of aromatic amines is 1. The van der Waals surface area contributed by atoms with Gasteiger partial charge in [-0.1, -0.05) is 30.3 Å². The average molecular weight is 415 g/mol. The highest BCUT2D eigenvalue weighted by atomic mass is 19.1. The summed E-state index contributed by atoms with van der Waals surface area (Å²) in [6.45, 7) is 1.88. The van der Waals surface area contributed by atoms with Crippen molar-refractivity contribution in [3.8, 4) is 0 Å². The highest BCUT2D eigenvalue weighted by Gasteiger charge is 2.14. The Kier molecular flexibility index (Phi) is 5.80. The first-order valence-corrected chi connectivity index (χ1v) is 10.0. The Labute approximate surface area is 179 Å². The third-order valence-corrected chi connectivity index (χ3v) is 5.14. The second-order valence-corrected chi connectivity index (χ2v) is 7.42. The van der Waals surface area contributed by atoms with Gasteiger partial charge in [-0.15, -0.1) is 0 Å². The maximum atomic E-state index is 13.6. The van der Waals surface area contributed by atoms with E-state index in [9.17, 15) is 14.0 Å². The second kappa shape index (κ2) is 8.83. The molecule has 0 aliphatic carbocycles. The van der Waals surface area contributed by atoms with E-state index >= 15 is 0 Å².